The molecule has 0 bridgehead atoms. The third-order valence-electron chi connectivity index (χ3n) is 2.65. The van der Waals surface area contributed by atoms with E-state index >= 15 is 0 Å². The van der Waals surface area contributed by atoms with E-state index in [0.29, 0.717) is 12.2 Å². The molecule has 1 amide bonds. The average molecular weight is 281 g/mol. The summed E-state index contributed by atoms with van der Waals surface area (Å²) in [7, 11) is 0. The highest BCUT2D eigenvalue weighted by molar-refractivity contribution is 7.99. The molecule has 0 saturated carbocycles. The SMILES string of the molecule is Cc1ccc(SCCC(=O)NCC(C)C(=O)O)cc1. The first-order valence-electron chi connectivity index (χ1n) is 6.18. The van der Waals surface area contributed by atoms with Crippen molar-refractivity contribution in [1.82, 2.24) is 5.32 Å². The van der Waals surface area contributed by atoms with Gasteiger partial charge in [0, 0.05) is 23.6 Å². The van der Waals surface area contributed by atoms with Crippen molar-refractivity contribution in [2.24, 2.45) is 5.92 Å². The molecular formula is C14H19NO3S. The van der Waals surface area contributed by atoms with Crippen LogP contribution in [0.3, 0.4) is 0 Å². The van der Waals surface area contributed by atoms with Gasteiger partial charge in [-0.2, -0.15) is 0 Å². The van der Waals surface area contributed by atoms with Crippen molar-refractivity contribution in [1.29, 1.82) is 0 Å². The minimum Gasteiger partial charge on any atom is -0.481 e. The van der Waals surface area contributed by atoms with E-state index in [-0.39, 0.29) is 12.5 Å². The summed E-state index contributed by atoms with van der Waals surface area (Å²) in [6.45, 7) is 3.79. The van der Waals surface area contributed by atoms with E-state index in [4.69, 9.17) is 5.11 Å². The Kier molecular flexibility index (Phi) is 6.42. The van der Waals surface area contributed by atoms with Crippen molar-refractivity contribution < 1.29 is 14.7 Å². The molecule has 2 N–H and O–H groups in total. The van der Waals surface area contributed by atoms with Crippen LogP contribution in [0.2, 0.25) is 0 Å². The molecule has 1 unspecified atom stereocenters. The van der Waals surface area contributed by atoms with E-state index in [1.165, 1.54) is 5.56 Å². The Labute approximate surface area is 117 Å². The van der Waals surface area contributed by atoms with Crippen LogP contribution in [-0.2, 0) is 9.59 Å². The first kappa shape index (κ1) is 15.6. The maximum absolute atomic E-state index is 11.5. The Hall–Kier alpha value is -1.49. The molecule has 1 aromatic carbocycles. The van der Waals surface area contributed by atoms with Crippen LogP contribution in [-0.4, -0.2) is 29.3 Å². The fourth-order valence-corrected chi connectivity index (χ4v) is 2.19. The van der Waals surface area contributed by atoms with Crippen LogP contribution < -0.4 is 5.32 Å². The molecule has 4 nitrogen and oxygen atoms in total. The lowest BCUT2D eigenvalue weighted by molar-refractivity contribution is -0.141. The van der Waals surface area contributed by atoms with Crippen molar-refractivity contribution in [3.63, 3.8) is 0 Å². The number of hydrogen-bond acceptors (Lipinski definition) is 3. The summed E-state index contributed by atoms with van der Waals surface area (Å²) in [5, 5.41) is 11.3. The highest BCUT2D eigenvalue weighted by Crippen LogP contribution is 2.18. The Morgan fingerprint density at radius 1 is 1.32 bits per heavy atom. The molecule has 0 aliphatic carbocycles. The Balaban J connectivity index is 2.20. The van der Waals surface area contributed by atoms with Crippen LogP contribution in [0, 0.1) is 12.8 Å². The second-order valence-corrected chi connectivity index (χ2v) is 5.62. The van der Waals surface area contributed by atoms with Gasteiger partial charge in [0.15, 0.2) is 0 Å². The van der Waals surface area contributed by atoms with E-state index in [1.54, 1.807) is 18.7 Å². The fraction of sp³-hybridized carbons (Fsp3) is 0.429. The lowest BCUT2D eigenvalue weighted by Gasteiger charge is -2.08. The average Bonchev–Trinajstić information content (AvgIpc) is 2.38. The third-order valence-corrected chi connectivity index (χ3v) is 3.66. The summed E-state index contributed by atoms with van der Waals surface area (Å²) in [6, 6.07) is 8.14. The van der Waals surface area contributed by atoms with Gasteiger partial charge < -0.3 is 10.4 Å². The van der Waals surface area contributed by atoms with Crippen molar-refractivity contribution in [3.05, 3.63) is 29.8 Å². The molecule has 0 radical (unpaired) electrons. The third kappa shape index (κ3) is 6.29. The number of hydrogen-bond donors (Lipinski definition) is 2. The van der Waals surface area contributed by atoms with Gasteiger partial charge in [0.05, 0.1) is 5.92 Å². The molecule has 1 atom stereocenters. The van der Waals surface area contributed by atoms with E-state index in [9.17, 15) is 9.59 Å². The molecule has 0 spiro atoms. The first-order valence-corrected chi connectivity index (χ1v) is 7.16. The van der Waals surface area contributed by atoms with Crippen molar-refractivity contribution in [2.75, 3.05) is 12.3 Å². The van der Waals surface area contributed by atoms with Gasteiger partial charge >= 0.3 is 5.97 Å². The quantitative estimate of drug-likeness (QED) is 0.753. The molecule has 5 heteroatoms. The lowest BCUT2D eigenvalue weighted by atomic mass is 10.2. The minimum absolute atomic E-state index is 0.104. The van der Waals surface area contributed by atoms with Gasteiger partial charge in [0.1, 0.15) is 0 Å². The monoisotopic (exact) mass is 281 g/mol. The number of aryl methyl sites for hydroxylation is 1. The van der Waals surface area contributed by atoms with Crippen LogP contribution in [0.5, 0.6) is 0 Å². The van der Waals surface area contributed by atoms with Crippen LogP contribution in [0.25, 0.3) is 0 Å². The number of benzene rings is 1. The summed E-state index contributed by atoms with van der Waals surface area (Å²) >= 11 is 1.62. The van der Waals surface area contributed by atoms with Gasteiger partial charge in [-0.15, -0.1) is 11.8 Å². The maximum atomic E-state index is 11.5. The zero-order valence-corrected chi connectivity index (χ0v) is 12.0. The molecule has 0 fully saturated rings. The standard InChI is InChI=1S/C14H19NO3S/c1-10-3-5-12(6-4-10)19-8-7-13(16)15-9-11(2)14(17)18/h3-6,11H,7-9H2,1-2H3,(H,15,16)(H,17,18). The summed E-state index contributed by atoms with van der Waals surface area (Å²) in [4.78, 5) is 23.2. The molecule has 0 saturated heterocycles. The first-order chi connectivity index (χ1) is 8.99. The highest BCUT2D eigenvalue weighted by Gasteiger charge is 2.11. The summed E-state index contributed by atoms with van der Waals surface area (Å²) in [5.74, 6) is -0.855. The number of carbonyl (C=O) groups is 2. The number of carboxylic acid groups (broad SMARTS) is 1. The molecule has 0 heterocycles. The normalized spacial score (nSPS) is 11.9. The Bertz CT molecular complexity index is 431. The van der Waals surface area contributed by atoms with E-state index < -0.39 is 11.9 Å². The number of amides is 1. The Morgan fingerprint density at radius 2 is 1.95 bits per heavy atom. The predicted octanol–water partition coefficient (Wildman–Crippen LogP) is 2.31. The molecule has 104 valence electrons. The topological polar surface area (TPSA) is 66.4 Å². The van der Waals surface area contributed by atoms with Gasteiger partial charge in [0.2, 0.25) is 5.91 Å². The van der Waals surface area contributed by atoms with Gasteiger partial charge in [-0.3, -0.25) is 9.59 Å². The number of thioether (sulfide) groups is 1. The fourth-order valence-electron chi connectivity index (χ4n) is 1.34. The largest absolute Gasteiger partial charge is 0.481 e. The smallest absolute Gasteiger partial charge is 0.308 e. The summed E-state index contributed by atoms with van der Waals surface area (Å²) in [5.41, 5.74) is 1.21. The van der Waals surface area contributed by atoms with Crippen LogP contribution in [0.1, 0.15) is 18.9 Å². The highest BCUT2D eigenvalue weighted by atomic mass is 32.2. The maximum Gasteiger partial charge on any atom is 0.308 e. The Morgan fingerprint density at radius 3 is 2.53 bits per heavy atom. The number of aliphatic carboxylic acids is 1. The van der Waals surface area contributed by atoms with Crippen molar-refractivity contribution in [3.8, 4) is 0 Å². The zero-order chi connectivity index (χ0) is 14.3. The molecule has 0 aliphatic rings. The molecule has 1 aromatic rings. The molecule has 1 rings (SSSR count). The number of carbonyl (C=O) groups excluding carboxylic acids is 1. The summed E-state index contributed by atoms with van der Waals surface area (Å²) < 4.78 is 0. The predicted molar refractivity (Wildman–Crippen MR) is 76.3 cm³/mol. The second-order valence-electron chi connectivity index (χ2n) is 4.45. The van der Waals surface area contributed by atoms with Gasteiger partial charge in [0.25, 0.3) is 0 Å². The molecule has 0 aliphatic heterocycles. The second kappa shape index (κ2) is 7.84. The van der Waals surface area contributed by atoms with E-state index in [1.807, 2.05) is 31.2 Å². The van der Waals surface area contributed by atoms with Crippen molar-refractivity contribution >= 4 is 23.6 Å². The number of rotatable bonds is 7. The minimum atomic E-state index is -0.894. The number of carboxylic acids is 1. The van der Waals surface area contributed by atoms with Crippen LogP contribution in [0.15, 0.2) is 29.2 Å². The van der Waals surface area contributed by atoms with Gasteiger partial charge in [-0.1, -0.05) is 24.6 Å². The van der Waals surface area contributed by atoms with E-state index in [0.717, 1.165) is 4.90 Å². The van der Waals surface area contributed by atoms with Crippen LogP contribution >= 0.6 is 11.8 Å². The van der Waals surface area contributed by atoms with Gasteiger partial charge in [-0.25, -0.2) is 0 Å². The van der Waals surface area contributed by atoms with E-state index in [2.05, 4.69) is 5.32 Å². The van der Waals surface area contributed by atoms with Crippen molar-refractivity contribution in [2.45, 2.75) is 25.2 Å². The van der Waals surface area contributed by atoms with Crippen LogP contribution in [0.4, 0.5) is 0 Å². The number of nitrogens with one attached hydrogen (secondary N) is 1. The van der Waals surface area contributed by atoms with Gasteiger partial charge in [-0.05, 0) is 19.1 Å². The lowest BCUT2D eigenvalue weighted by Crippen LogP contribution is -2.31. The molecule has 0 aromatic heterocycles. The molecular weight excluding hydrogens is 262 g/mol. The zero-order valence-electron chi connectivity index (χ0n) is 11.2. The molecule has 19 heavy (non-hydrogen) atoms. The summed E-state index contributed by atoms with van der Waals surface area (Å²) in [6.07, 6.45) is 0.394.